The molecule has 0 spiro atoms. The van der Waals surface area contributed by atoms with Crippen LogP contribution in [0.5, 0.6) is 5.75 Å². The number of hydrogen-bond donors (Lipinski definition) is 3. The van der Waals surface area contributed by atoms with Crippen LogP contribution >= 0.6 is 0 Å². The van der Waals surface area contributed by atoms with E-state index in [2.05, 4.69) is 20.7 Å². The molecule has 1 aliphatic heterocycles. The average Bonchev–Trinajstić information content (AvgIpc) is 3.43. The Morgan fingerprint density at radius 2 is 2.03 bits per heavy atom. The molecule has 1 saturated heterocycles. The van der Waals surface area contributed by atoms with Crippen LogP contribution in [0.2, 0.25) is 0 Å². The number of urea groups is 1. The largest absolute Gasteiger partial charge is 0.491 e. The number of aromatic nitrogens is 3. The Bertz CT molecular complexity index is 1190. The highest BCUT2D eigenvalue weighted by Gasteiger charge is 2.28. The SMILES string of the molecule is CC(C)Oc1cccc(NC(=O)N2CC[C@@H](NC(=O)c3cc(-c4cnn(C)c4)cnc3N)C2)c1. The lowest BCUT2D eigenvalue weighted by molar-refractivity contribution is 0.0938. The Kier molecular flexibility index (Phi) is 6.67. The van der Waals surface area contributed by atoms with E-state index in [0.717, 1.165) is 11.1 Å². The van der Waals surface area contributed by atoms with Crippen LogP contribution in [0.15, 0.2) is 48.9 Å². The third-order valence-electron chi connectivity index (χ3n) is 5.47. The molecule has 3 aromatic rings. The highest BCUT2D eigenvalue weighted by Crippen LogP contribution is 2.23. The number of amides is 3. The topological polar surface area (TPSA) is 127 Å². The first-order valence-corrected chi connectivity index (χ1v) is 11.2. The molecule has 0 radical (unpaired) electrons. The van der Waals surface area contributed by atoms with Crippen molar-refractivity contribution in [1.82, 2.24) is 25.0 Å². The van der Waals surface area contributed by atoms with Gasteiger partial charge in [-0.1, -0.05) is 6.07 Å². The van der Waals surface area contributed by atoms with Crippen molar-refractivity contribution in [2.45, 2.75) is 32.4 Å². The van der Waals surface area contributed by atoms with Gasteiger partial charge < -0.3 is 26.0 Å². The number of carbonyl (C=O) groups is 2. The van der Waals surface area contributed by atoms with E-state index in [4.69, 9.17) is 10.5 Å². The van der Waals surface area contributed by atoms with Crippen LogP contribution in [0.25, 0.3) is 11.1 Å². The summed E-state index contributed by atoms with van der Waals surface area (Å²) < 4.78 is 7.36. The molecule has 10 nitrogen and oxygen atoms in total. The van der Waals surface area contributed by atoms with Gasteiger partial charge in [-0.05, 0) is 38.5 Å². The summed E-state index contributed by atoms with van der Waals surface area (Å²) >= 11 is 0. The van der Waals surface area contributed by atoms with E-state index in [1.165, 1.54) is 0 Å². The molecule has 3 amide bonds. The number of nitrogen functional groups attached to an aromatic ring is 1. The molecule has 1 fully saturated rings. The van der Waals surface area contributed by atoms with Crippen molar-refractivity contribution in [3.63, 3.8) is 0 Å². The molecule has 3 heterocycles. The minimum atomic E-state index is -0.318. The van der Waals surface area contributed by atoms with Crippen LogP contribution < -0.4 is 21.1 Å². The predicted molar refractivity (Wildman–Crippen MR) is 130 cm³/mol. The lowest BCUT2D eigenvalue weighted by Gasteiger charge is -2.19. The summed E-state index contributed by atoms with van der Waals surface area (Å²) in [7, 11) is 1.82. The van der Waals surface area contributed by atoms with E-state index in [-0.39, 0.29) is 29.9 Å². The van der Waals surface area contributed by atoms with E-state index >= 15 is 0 Å². The summed E-state index contributed by atoms with van der Waals surface area (Å²) in [6.07, 6.45) is 5.85. The summed E-state index contributed by atoms with van der Waals surface area (Å²) in [5.74, 6) is 0.529. The molecule has 2 aromatic heterocycles. The zero-order valence-corrected chi connectivity index (χ0v) is 19.5. The molecule has 0 unspecified atom stereocenters. The molecule has 4 rings (SSSR count). The first-order chi connectivity index (χ1) is 16.3. The van der Waals surface area contributed by atoms with Gasteiger partial charge in [0.25, 0.3) is 5.91 Å². The van der Waals surface area contributed by atoms with E-state index in [1.807, 2.05) is 45.3 Å². The van der Waals surface area contributed by atoms with Crippen LogP contribution in [-0.2, 0) is 7.05 Å². The number of hydrogen-bond acceptors (Lipinski definition) is 6. The molecule has 10 heteroatoms. The van der Waals surface area contributed by atoms with Gasteiger partial charge in [0.15, 0.2) is 0 Å². The Labute approximate surface area is 198 Å². The number of nitrogens with one attached hydrogen (secondary N) is 2. The maximum Gasteiger partial charge on any atom is 0.321 e. The molecule has 34 heavy (non-hydrogen) atoms. The van der Waals surface area contributed by atoms with Gasteiger partial charge in [0.1, 0.15) is 11.6 Å². The van der Waals surface area contributed by atoms with Crippen molar-refractivity contribution >= 4 is 23.4 Å². The molecule has 1 atom stereocenters. The second-order valence-corrected chi connectivity index (χ2v) is 8.59. The second-order valence-electron chi connectivity index (χ2n) is 8.59. The lowest BCUT2D eigenvalue weighted by Crippen LogP contribution is -2.40. The van der Waals surface area contributed by atoms with E-state index in [0.29, 0.717) is 36.5 Å². The van der Waals surface area contributed by atoms with Crippen molar-refractivity contribution in [2.75, 3.05) is 24.1 Å². The fourth-order valence-electron chi connectivity index (χ4n) is 3.83. The van der Waals surface area contributed by atoms with Gasteiger partial charge >= 0.3 is 6.03 Å². The van der Waals surface area contributed by atoms with Crippen molar-refractivity contribution < 1.29 is 14.3 Å². The van der Waals surface area contributed by atoms with Gasteiger partial charge in [-0.2, -0.15) is 5.10 Å². The fourth-order valence-corrected chi connectivity index (χ4v) is 3.83. The number of nitrogens with two attached hydrogens (primary N) is 1. The smallest absolute Gasteiger partial charge is 0.321 e. The van der Waals surface area contributed by atoms with E-state index < -0.39 is 0 Å². The Morgan fingerprint density at radius 1 is 1.21 bits per heavy atom. The number of nitrogens with zero attached hydrogens (tertiary/aromatic N) is 4. The normalized spacial score (nSPS) is 15.4. The van der Waals surface area contributed by atoms with Crippen molar-refractivity contribution in [2.24, 2.45) is 7.05 Å². The van der Waals surface area contributed by atoms with Crippen molar-refractivity contribution in [1.29, 1.82) is 0 Å². The van der Waals surface area contributed by atoms with Crippen LogP contribution in [0.1, 0.15) is 30.6 Å². The fraction of sp³-hybridized carbons (Fsp3) is 0.333. The minimum Gasteiger partial charge on any atom is -0.491 e. The highest BCUT2D eigenvalue weighted by molar-refractivity contribution is 5.99. The van der Waals surface area contributed by atoms with Gasteiger partial charge in [0.05, 0.1) is 17.9 Å². The number of ether oxygens (including phenoxy) is 1. The summed E-state index contributed by atoms with van der Waals surface area (Å²) in [4.78, 5) is 31.5. The molecule has 0 saturated carbocycles. The molecule has 178 valence electrons. The van der Waals surface area contributed by atoms with E-state index in [1.54, 1.807) is 34.1 Å². The predicted octanol–water partition coefficient (Wildman–Crippen LogP) is 2.89. The van der Waals surface area contributed by atoms with Crippen molar-refractivity contribution in [3.8, 4) is 16.9 Å². The molecule has 0 aliphatic carbocycles. The summed E-state index contributed by atoms with van der Waals surface area (Å²) in [5.41, 5.74) is 8.52. The number of benzene rings is 1. The molecule has 1 aliphatic rings. The molecule has 4 N–H and O–H groups in total. The second kappa shape index (κ2) is 9.82. The van der Waals surface area contributed by atoms with Gasteiger partial charge in [0, 0.05) is 61.5 Å². The number of aryl methyl sites for hydroxylation is 1. The standard InChI is InChI=1S/C24H29N7O3/c1-15(2)34-20-6-4-5-18(10-20)29-24(33)31-8-7-19(14-31)28-23(32)21-9-16(11-26-22(21)25)17-12-27-30(3)13-17/h4-6,9-13,15,19H,7-8,14H2,1-3H3,(H2,25,26)(H,28,32)(H,29,33)/t19-/m1/s1. The zero-order chi connectivity index (χ0) is 24.2. The monoisotopic (exact) mass is 463 g/mol. The molecular weight excluding hydrogens is 434 g/mol. The number of anilines is 2. The molecule has 0 bridgehead atoms. The first kappa shape index (κ1) is 23.1. The van der Waals surface area contributed by atoms with Gasteiger partial charge in [-0.25, -0.2) is 9.78 Å². The summed E-state index contributed by atoms with van der Waals surface area (Å²) in [5, 5.41) is 10.0. The minimum absolute atomic E-state index is 0.0446. The van der Waals surface area contributed by atoms with Gasteiger partial charge in [0.2, 0.25) is 0 Å². The lowest BCUT2D eigenvalue weighted by atomic mass is 10.1. The van der Waals surface area contributed by atoms with Crippen LogP contribution in [0.3, 0.4) is 0 Å². The third kappa shape index (κ3) is 5.45. The molecule has 1 aromatic carbocycles. The zero-order valence-electron chi connectivity index (χ0n) is 19.5. The summed E-state index contributed by atoms with van der Waals surface area (Å²) in [6, 6.07) is 8.58. The van der Waals surface area contributed by atoms with Gasteiger partial charge in [-0.15, -0.1) is 0 Å². The summed E-state index contributed by atoms with van der Waals surface area (Å²) in [6.45, 7) is 4.82. The number of rotatable bonds is 6. The maximum absolute atomic E-state index is 12.9. The Hall–Kier alpha value is -4.08. The maximum atomic E-state index is 12.9. The average molecular weight is 464 g/mol. The first-order valence-electron chi connectivity index (χ1n) is 11.2. The van der Waals surface area contributed by atoms with Crippen LogP contribution in [-0.4, -0.2) is 56.8 Å². The number of carbonyl (C=O) groups excluding carboxylic acids is 2. The molecular formula is C24H29N7O3. The highest BCUT2D eigenvalue weighted by atomic mass is 16.5. The number of likely N-dealkylation sites (tertiary alicyclic amines) is 1. The Morgan fingerprint density at radius 3 is 2.76 bits per heavy atom. The van der Waals surface area contributed by atoms with Crippen LogP contribution in [0.4, 0.5) is 16.3 Å². The number of pyridine rings is 1. The quantitative estimate of drug-likeness (QED) is 0.516. The van der Waals surface area contributed by atoms with Gasteiger partial charge in [-0.3, -0.25) is 9.48 Å². The van der Waals surface area contributed by atoms with Crippen molar-refractivity contribution in [3.05, 3.63) is 54.5 Å². The van der Waals surface area contributed by atoms with Crippen LogP contribution in [0, 0.1) is 0 Å². The van der Waals surface area contributed by atoms with E-state index in [9.17, 15) is 9.59 Å². The Balaban J connectivity index is 1.36. The third-order valence-corrected chi connectivity index (χ3v) is 5.47.